The van der Waals surface area contributed by atoms with Gasteiger partial charge in [-0.25, -0.2) is 4.98 Å². The molecule has 0 saturated heterocycles. The summed E-state index contributed by atoms with van der Waals surface area (Å²) in [5.41, 5.74) is 0. The fourth-order valence-electron chi connectivity index (χ4n) is 1.35. The van der Waals surface area contributed by atoms with Crippen LogP contribution in [0, 0.1) is 0 Å². The van der Waals surface area contributed by atoms with E-state index in [1.54, 1.807) is 20.9 Å². The lowest BCUT2D eigenvalue weighted by Crippen LogP contribution is -2.39. The van der Waals surface area contributed by atoms with Crippen molar-refractivity contribution >= 4 is 11.8 Å². The molecular weight excluding hydrogens is 233 g/mol. The number of halogens is 3. The van der Waals surface area contributed by atoms with Gasteiger partial charge in [-0.15, -0.1) is 0 Å². The van der Waals surface area contributed by atoms with Crippen molar-refractivity contribution in [2.24, 2.45) is 0 Å². The number of hydrogen-bond acceptors (Lipinski definition) is 4. The molecule has 0 bridgehead atoms. The average molecular weight is 248 g/mol. The van der Waals surface area contributed by atoms with Crippen molar-refractivity contribution in [1.29, 1.82) is 0 Å². The third-order valence-corrected chi connectivity index (χ3v) is 2.13. The van der Waals surface area contributed by atoms with Crippen molar-refractivity contribution in [2.75, 3.05) is 23.8 Å². The monoisotopic (exact) mass is 248 g/mol. The fourth-order valence-corrected chi connectivity index (χ4v) is 1.35. The highest BCUT2D eigenvalue weighted by atomic mass is 19.4. The second kappa shape index (κ2) is 5.20. The van der Waals surface area contributed by atoms with Crippen LogP contribution < -0.4 is 10.2 Å². The Bertz CT molecular complexity index is 365. The van der Waals surface area contributed by atoms with Gasteiger partial charge in [0.15, 0.2) is 0 Å². The van der Waals surface area contributed by atoms with Gasteiger partial charge < -0.3 is 10.2 Å². The maximum absolute atomic E-state index is 12.4. The van der Waals surface area contributed by atoms with Crippen LogP contribution in [-0.4, -0.2) is 35.8 Å². The zero-order valence-electron chi connectivity index (χ0n) is 9.91. The highest BCUT2D eigenvalue weighted by Gasteiger charge is 2.32. The van der Waals surface area contributed by atoms with E-state index in [0.717, 1.165) is 0 Å². The Morgan fingerprint density at radius 2 is 2.06 bits per heavy atom. The number of hydrogen-bond donors (Lipinski definition) is 1. The second-order valence-corrected chi connectivity index (χ2v) is 3.83. The summed E-state index contributed by atoms with van der Waals surface area (Å²) in [5, 5.41) is 2.69. The Labute approximate surface area is 97.9 Å². The zero-order valence-corrected chi connectivity index (χ0v) is 9.91. The van der Waals surface area contributed by atoms with Crippen LogP contribution in [0.4, 0.5) is 24.9 Å². The van der Waals surface area contributed by atoms with E-state index in [1.807, 2.05) is 0 Å². The molecule has 1 aromatic heterocycles. The molecule has 4 nitrogen and oxygen atoms in total. The SMILES string of the molecule is CNc1nccc(N(CC(F)(F)F)C(C)C)n1. The third kappa shape index (κ3) is 4.08. The number of anilines is 2. The molecule has 0 aliphatic rings. The van der Waals surface area contributed by atoms with Crippen molar-refractivity contribution in [3.8, 4) is 0 Å². The first-order valence-electron chi connectivity index (χ1n) is 5.17. The van der Waals surface area contributed by atoms with Gasteiger partial charge in [-0.3, -0.25) is 0 Å². The summed E-state index contributed by atoms with van der Waals surface area (Å²) >= 11 is 0. The molecule has 0 fully saturated rings. The molecular formula is C10H15F3N4. The van der Waals surface area contributed by atoms with E-state index < -0.39 is 12.7 Å². The molecule has 0 amide bonds. The van der Waals surface area contributed by atoms with Crippen molar-refractivity contribution < 1.29 is 13.2 Å². The lowest BCUT2D eigenvalue weighted by atomic mass is 10.3. The molecule has 1 heterocycles. The first kappa shape index (κ1) is 13.5. The maximum atomic E-state index is 12.4. The second-order valence-electron chi connectivity index (χ2n) is 3.83. The van der Waals surface area contributed by atoms with Crippen LogP contribution in [-0.2, 0) is 0 Å². The number of nitrogens with zero attached hydrogens (tertiary/aromatic N) is 3. The van der Waals surface area contributed by atoms with Crippen LogP contribution in [0.3, 0.4) is 0 Å². The maximum Gasteiger partial charge on any atom is 0.405 e. The van der Waals surface area contributed by atoms with E-state index >= 15 is 0 Å². The smallest absolute Gasteiger partial charge is 0.357 e. The molecule has 0 atom stereocenters. The molecule has 96 valence electrons. The van der Waals surface area contributed by atoms with E-state index in [2.05, 4.69) is 15.3 Å². The zero-order chi connectivity index (χ0) is 13.1. The molecule has 0 aromatic carbocycles. The van der Waals surface area contributed by atoms with E-state index in [4.69, 9.17) is 0 Å². The van der Waals surface area contributed by atoms with Crippen molar-refractivity contribution in [3.05, 3.63) is 12.3 Å². The molecule has 0 saturated carbocycles. The minimum atomic E-state index is -4.25. The number of nitrogens with one attached hydrogen (secondary N) is 1. The highest BCUT2D eigenvalue weighted by molar-refractivity contribution is 5.43. The summed E-state index contributed by atoms with van der Waals surface area (Å²) in [6.45, 7) is 2.35. The van der Waals surface area contributed by atoms with E-state index in [-0.39, 0.29) is 11.9 Å². The molecule has 1 aromatic rings. The third-order valence-electron chi connectivity index (χ3n) is 2.13. The highest BCUT2D eigenvalue weighted by Crippen LogP contribution is 2.22. The molecule has 0 aliphatic heterocycles. The Balaban J connectivity index is 2.97. The van der Waals surface area contributed by atoms with Crippen molar-refractivity contribution in [1.82, 2.24) is 9.97 Å². The van der Waals surface area contributed by atoms with Gasteiger partial charge in [0.2, 0.25) is 5.95 Å². The standard InChI is InChI=1S/C10H15F3N4/c1-7(2)17(6-10(11,12)13)8-4-5-15-9(14-3)16-8/h4-5,7H,6H2,1-3H3,(H,14,15,16). The van der Waals surface area contributed by atoms with Gasteiger partial charge >= 0.3 is 6.18 Å². The topological polar surface area (TPSA) is 41.1 Å². The average Bonchev–Trinajstić information content (AvgIpc) is 2.24. The van der Waals surface area contributed by atoms with E-state index in [1.165, 1.54) is 17.2 Å². The lowest BCUT2D eigenvalue weighted by molar-refractivity contribution is -0.120. The number of alkyl halides is 3. The normalized spacial score (nSPS) is 11.7. The molecule has 0 radical (unpaired) electrons. The van der Waals surface area contributed by atoms with Gasteiger partial charge in [0, 0.05) is 19.3 Å². The Morgan fingerprint density at radius 3 is 2.53 bits per heavy atom. The lowest BCUT2D eigenvalue weighted by Gasteiger charge is -2.28. The Hall–Kier alpha value is -1.53. The molecule has 1 rings (SSSR count). The summed E-state index contributed by atoms with van der Waals surface area (Å²) in [4.78, 5) is 9.05. The fraction of sp³-hybridized carbons (Fsp3) is 0.600. The van der Waals surface area contributed by atoms with Crippen LogP contribution in [0.2, 0.25) is 0 Å². The minimum absolute atomic E-state index is 0.261. The summed E-state index contributed by atoms with van der Waals surface area (Å²) in [5.74, 6) is 0.562. The minimum Gasteiger partial charge on any atom is -0.357 e. The van der Waals surface area contributed by atoms with Crippen LogP contribution in [0.15, 0.2) is 12.3 Å². The Morgan fingerprint density at radius 1 is 1.41 bits per heavy atom. The number of aromatic nitrogens is 2. The Kier molecular flexibility index (Phi) is 4.14. The van der Waals surface area contributed by atoms with Gasteiger partial charge in [-0.1, -0.05) is 0 Å². The van der Waals surface area contributed by atoms with Crippen molar-refractivity contribution in [2.45, 2.75) is 26.1 Å². The molecule has 0 unspecified atom stereocenters. The van der Waals surface area contributed by atoms with Gasteiger partial charge in [0.05, 0.1) is 0 Å². The van der Waals surface area contributed by atoms with E-state index in [0.29, 0.717) is 5.95 Å². The quantitative estimate of drug-likeness (QED) is 0.887. The van der Waals surface area contributed by atoms with Gasteiger partial charge in [0.1, 0.15) is 12.4 Å². The molecule has 1 N–H and O–H groups in total. The van der Waals surface area contributed by atoms with Crippen molar-refractivity contribution in [3.63, 3.8) is 0 Å². The summed E-state index contributed by atoms with van der Waals surface area (Å²) in [6.07, 6.45) is -2.82. The van der Waals surface area contributed by atoms with Crippen LogP contribution in [0.1, 0.15) is 13.8 Å². The van der Waals surface area contributed by atoms with Gasteiger partial charge in [0.25, 0.3) is 0 Å². The molecule has 0 spiro atoms. The summed E-state index contributed by atoms with van der Waals surface area (Å²) in [6, 6.07) is 1.17. The van der Waals surface area contributed by atoms with Crippen LogP contribution in [0.5, 0.6) is 0 Å². The van der Waals surface area contributed by atoms with Crippen LogP contribution in [0.25, 0.3) is 0 Å². The largest absolute Gasteiger partial charge is 0.405 e. The van der Waals surface area contributed by atoms with Crippen LogP contribution >= 0.6 is 0 Å². The summed E-state index contributed by atoms with van der Waals surface area (Å²) in [7, 11) is 1.61. The van der Waals surface area contributed by atoms with Gasteiger partial charge in [-0.2, -0.15) is 18.2 Å². The summed E-state index contributed by atoms with van der Waals surface area (Å²) < 4.78 is 37.3. The molecule has 17 heavy (non-hydrogen) atoms. The number of rotatable bonds is 4. The first-order chi connectivity index (χ1) is 7.83. The molecule has 7 heteroatoms. The van der Waals surface area contributed by atoms with Gasteiger partial charge in [-0.05, 0) is 19.9 Å². The predicted molar refractivity (Wildman–Crippen MR) is 60.1 cm³/mol. The first-order valence-corrected chi connectivity index (χ1v) is 5.17. The predicted octanol–water partition coefficient (Wildman–Crippen LogP) is 2.30. The van der Waals surface area contributed by atoms with E-state index in [9.17, 15) is 13.2 Å². The molecule has 0 aliphatic carbocycles.